The van der Waals surface area contributed by atoms with Crippen molar-refractivity contribution in [2.75, 3.05) is 31.6 Å². The molecule has 0 unspecified atom stereocenters. The van der Waals surface area contributed by atoms with E-state index in [0.29, 0.717) is 37.5 Å². The van der Waals surface area contributed by atoms with Gasteiger partial charge in [0.25, 0.3) is 5.91 Å². The summed E-state index contributed by atoms with van der Waals surface area (Å²) < 4.78 is 5.75. The quantitative estimate of drug-likeness (QED) is 0.765. The number of likely N-dealkylation sites (tertiary alicyclic amines) is 1. The maximum Gasteiger partial charge on any atom is 0.253 e. The Kier molecular flexibility index (Phi) is 8.74. The van der Waals surface area contributed by atoms with E-state index in [9.17, 15) is 9.59 Å². The molecular weight excluding hydrogens is 330 g/mol. The van der Waals surface area contributed by atoms with Gasteiger partial charge in [0.15, 0.2) is 0 Å². The second-order valence-corrected chi connectivity index (χ2v) is 5.76. The fraction of sp³-hybridized carbons (Fsp3) is 0.529. The van der Waals surface area contributed by atoms with E-state index in [-0.39, 0.29) is 30.3 Å². The molecule has 0 atom stereocenters. The zero-order valence-electron chi connectivity index (χ0n) is 14.0. The van der Waals surface area contributed by atoms with Gasteiger partial charge in [0.2, 0.25) is 5.91 Å². The molecule has 1 aliphatic rings. The number of amides is 2. The number of hydrogen-bond acceptors (Lipinski definition) is 4. The van der Waals surface area contributed by atoms with Gasteiger partial charge in [0.05, 0.1) is 6.10 Å². The van der Waals surface area contributed by atoms with Crippen molar-refractivity contribution in [3.63, 3.8) is 0 Å². The first-order valence-corrected chi connectivity index (χ1v) is 8.08. The number of hydrogen-bond donors (Lipinski definition) is 2. The van der Waals surface area contributed by atoms with Gasteiger partial charge in [0.1, 0.15) is 0 Å². The minimum Gasteiger partial charge on any atom is -0.378 e. The van der Waals surface area contributed by atoms with Crippen LogP contribution in [0.3, 0.4) is 0 Å². The Balaban J connectivity index is 0.00000288. The molecule has 134 valence electrons. The first kappa shape index (κ1) is 20.4. The summed E-state index contributed by atoms with van der Waals surface area (Å²) in [5.41, 5.74) is 6.79. The Morgan fingerprint density at radius 1 is 1.25 bits per heavy atom. The second kappa shape index (κ2) is 10.3. The maximum absolute atomic E-state index is 12.5. The Hall–Kier alpha value is -1.63. The first-order chi connectivity index (χ1) is 11.1. The SMILES string of the molecule is CC(=O)Nc1ccc(C(=O)N2CCC(OCCCN)CC2)cc1.Cl. The van der Waals surface area contributed by atoms with E-state index in [0.717, 1.165) is 19.3 Å². The molecule has 2 amide bonds. The number of carbonyl (C=O) groups excluding carboxylic acids is 2. The predicted molar refractivity (Wildman–Crippen MR) is 96.5 cm³/mol. The molecule has 0 bridgehead atoms. The van der Waals surface area contributed by atoms with Crippen molar-refractivity contribution >= 4 is 29.9 Å². The van der Waals surface area contributed by atoms with Crippen LogP contribution >= 0.6 is 12.4 Å². The number of halogens is 1. The normalized spacial score (nSPS) is 14.8. The van der Waals surface area contributed by atoms with Crippen LogP contribution in [0.15, 0.2) is 24.3 Å². The van der Waals surface area contributed by atoms with Crippen molar-refractivity contribution in [3.05, 3.63) is 29.8 Å². The fourth-order valence-electron chi connectivity index (χ4n) is 2.64. The number of benzene rings is 1. The van der Waals surface area contributed by atoms with Gasteiger partial charge in [-0.1, -0.05) is 0 Å². The number of nitrogens with zero attached hydrogens (tertiary/aromatic N) is 1. The molecule has 0 aliphatic carbocycles. The highest BCUT2D eigenvalue weighted by molar-refractivity contribution is 5.95. The van der Waals surface area contributed by atoms with Crippen molar-refractivity contribution in [3.8, 4) is 0 Å². The number of rotatable bonds is 6. The zero-order valence-corrected chi connectivity index (χ0v) is 14.8. The van der Waals surface area contributed by atoms with Crippen molar-refractivity contribution < 1.29 is 14.3 Å². The van der Waals surface area contributed by atoms with Gasteiger partial charge >= 0.3 is 0 Å². The van der Waals surface area contributed by atoms with E-state index in [1.165, 1.54) is 6.92 Å². The van der Waals surface area contributed by atoms with E-state index < -0.39 is 0 Å². The molecule has 1 aromatic carbocycles. The molecule has 24 heavy (non-hydrogen) atoms. The summed E-state index contributed by atoms with van der Waals surface area (Å²) >= 11 is 0. The Labute approximate surface area is 149 Å². The number of nitrogens with two attached hydrogens (primary N) is 1. The number of anilines is 1. The number of carbonyl (C=O) groups is 2. The number of ether oxygens (including phenoxy) is 1. The summed E-state index contributed by atoms with van der Waals surface area (Å²) in [7, 11) is 0. The number of nitrogens with one attached hydrogen (secondary N) is 1. The van der Waals surface area contributed by atoms with Crippen LogP contribution in [0.25, 0.3) is 0 Å². The third-order valence-corrected chi connectivity index (χ3v) is 3.88. The third-order valence-electron chi connectivity index (χ3n) is 3.88. The van der Waals surface area contributed by atoms with E-state index in [1.807, 2.05) is 4.90 Å². The van der Waals surface area contributed by atoms with Gasteiger partial charge in [-0.05, 0) is 50.1 Å². The molecule has 0 saturated carbocycles. The maximum atomic E-state index is 12.5. The molecule has 7 heteroatoms. The van der Waals surface area contributed by atoms with Crippen molar-refractivity contribution in [1.82, 2.24) is 4.90 Å². The molecule has 0 spiro atoms. The van der Waals surface area contributed by atoms with Crippen LogP contribution in [0.4, 0.5) is 5.69 Å². The minimum absolute atomic E-state index is 0. The Morgan fingerprint density at radius 2 is 1.88 bits per heavy atom. The smallest absolute Gasteiger partial charge is 0.253 e. The summed E-state index contributed by atoms with van der Waals surface area (Å²) in [6, 6.07) is 6.99. The van der Waals surface area contributed by atoms with E-state index in [4.69, 9.17) is 10.5 Å². The first-order valence-electron chi connectivity index (χ1n) is 8.08. The summed E-state index contributed by atoms with van der Waals surface area (Å²) in [5, 5.41) is 2.69. The monoisotopic (exact) mass is 355 g/mol. The highest BCUT2D eigenvalue weighted by atomic mass is 35.5. The van der Waals surface area contributed by atoms with Crippen LogP contribution in [0.1, 0.15) is 36.5 Å². The molecule has 6 nitrogen and oxygen atoms in total. The van der Waals surface area contributed by atoms with E-state index in [2.05, 4.69) is 5.32 Å². The summed E-state index contributed by atoms with van der Waals surface area (Å²) in [6.07, 6.45) is 2.83. The molecule has 0 aromatic heterocycles. The molecule has 0 radical (unpaired) electrons. The van der Waals surface area contributed by atoms with Gasteiger partial charge < -0.3 is 20.7 Å². The summed E-state index contributed by atoms with van der Waals surface area (Å²) in [5.74, 6) is -0.0967. The lowest BCUT2D eigenvalue weighted by atomic mass is 10.1. The largest absolute Gasteiger partial charge is 0.378 e. The van der Waals surface area contributed by atoms with Crippen LogP contribution in [0.2, 0.25) is 0 Å². The van der Waals surface area contributed by atoms with Crippen LogP contribution in [0, 0.1) is 0 Å². The third kappa shape index (κ3) is 6.11. The van der Waals surface area contributed by atoms with E-state index >= 15 is 0 Å². The van der Waals surface area contributed by atoms with Crippen molar-refractivity contribution in [2.45, 2.75) is 32.3 Å². The van der Waals surface area contributed by atoms with Crippen molar-refractivity contribution in [2.24, 2.45) is 5.73 Å². The van der Waals surface area contributed by atoms with Crippen LogP contribution < -0.4 is 11.1 Å². The highest BCUT2D eigenvalue weighted by Gasteiger charge is 2.23. The second-order valence-electron chi connectivity index (χ2n) is 5.76. The topological polar surface area (TPSA) is 84.7 Å². The predicted octanol–water partition coefficient (Wildman–Crippen LogP) is 2.04. The minimum atomic E-state index is -0.124. The van der Waals surface area contributed by atoms with Gasteiger partial charge in [-0.2, -0.15) is 0 Å². The van der Waals surface area contributed by atoms with E-state index in [1.54, 1.807) is 24.3 Å². The summed E-state index contributed by atoms with van der Waals surface area (Å²) in [4.78, 5) is 25.3. The number of piperidine rings is 1. The zero-order chi connectivity index (χ0) is 16.7. The molecule has 1 fully saturated rings. The van der Waals surface area contributed by atoms with Crippen LogP contribution in [-0.4, -0.2) is 49.1 Å². The van der Waals surface area contributed by atoms with Crippen LogP contribution in [-0.2, 0) is 9.53 Å². The molecule has 1 aliphatic heterocycles. The van der Waals surface area contributed by atoms with Gasteiger partial charge in [-0.3, -0.25) is 9.59 Å². The average Bonchev–Trinajstić information content (AvgIpc) is 2.55. The van der Waals surface area contributed by atoms with Gasteiger partial charge in [-0.25, -0.2) is 0 Å². The molecule has 1 aromatic rings. The van der Waals surface area contributed by atoms with Crippen molar-refractivity contribution in [1.29, 1.82) is 0 Å². The van der Waals surface area contributed by atoms with Gasteiger partial charge in [-0.15, -0.1) is 12.4 Å². The van der Waals surface area contributed by atoms with Gasteiger partial charge in [0, 0.05) is 37.9 Å². The molecule has 3 N–H and O–H groups in total. The lowest BCUT2D eigenvalue weighted by Crippen LogP contribution is -2.41. The highest BCUT2D eigenvalue weighted by Crippen LogP contribution is 2.18. The standard InChI is InChI=1S/C17H25N3O3.ClH/c1-13(21)19-15-5-3-14(4-6-15)17(22)20-10-7-16(8-11-20)23-12-2-9-18;/h3-6,16H,2,7-12,18H2,1H3,(H,19,21);1H. The van der Waals surface area contributed by atoms with Crippen LogP contribution in [0.5, 0.6) is 0 Å². The Bertz CT molecular complexity index is 528. The lowest BCUT2D eigenvalue weighted by molar-refractivity contribution is -0.114. The molecule has 1 saturated heterocycles. The lowest BCUT2D eigenvalue weighted by Gasteiger charge is -2.32. The Morgan fingerprint density at radius 3 is 2.42 bits per heavy atom. The average molecular weight is 356 g/mol. The fourth-order valence-corrected chi connectivity index (χ4v) is 2.64. The molecule has 2 rings (SSSR count). The summed E-state index contributed by atoms with van der Waals surface area (Å²) in [6.45, 7) is 4.21. The molecule has 1 heterocycles. The molecular formula is C17H26ClN3O3.